The number of benzene rings is 1. The van der Waals surface area contributed by atoms with Crippen LogP contribution in [0.15, 0.2) is 24.3 Å². The number of unbranched alkanes of at least 4 members (excludes halogenated alkanes) is 1. The molecule has 0 aliphatic rings. The summed E-state index contributed by atoms with van der Waals surface area (Å²) in [7, 11) is -1.85. The number of alkyl halides is 3. The zero-order chi connectivity index (χ0) is 15.9. The molecule has 21 heavy (non-hydrogen) atoms. The predicted octanol–water partition coefficient (Wildman–Crippen LogP) is 3.07. The summed E-state index contributed by atoms with van der Waals surface area (Å²) in [5.41, 5.74) is 0.694. The van der Waals surface area contributed by atoms with Crippen LogP contribution in [-0.4, -0.2) is 38.0 Å². The lowest BCUT2D eigenvalue weighted by atomic mass is 10.2. The SMILES string of the molecule is CN(Cc1ccc(OC(F)F)cc1)S(=O)(=O)CCCCCl. The van der Waals surface area contributed by atoms with Gasteiger partial charge in [0.1, 0.15) is 5.75 Å². The zero-order valence-electron chi connectivity index (χ0n) is 11.6. The van der Waals surface area contributed by atoms with E-state index in [1.54, 1.807) is 12.1 Å². The smallest absolute Gasteiger partial charge is 0.387 e. The van der Waals surface area contributed by atoms with Crippen LogP contribution in [-0.2, 0) is 16.6 Å². The van der Waals surface area contributed by atoms with Gasteiger partial charge in [-0.2, -0.15) is 8.78 Å². The number of nitrogens with zero attached hydrogens (tertiary/aromatic N) is 1. The number of ether oxygens (including phenoxy) is 1. The molecule has 1 aromatic carbocycles. The third kappa shape index (κ3) is 6.58. The lowest BCUT2D eigenvalue weighted by Crippen LogP contribution is -2.28. The summed E-state index contributed by atoms with van der Waals surface area (Å²) in [6.07, 6.45) is 1.16. The summed E-state index contributed by atoms with van der Waals surface area (Å²) in [4.78, 5) is 0. The minimum atomic E-state index is -3.34. The first kappa shape index (κ1) is 18.1. The maximum absolute atomic E-state index is 12.0. The second-order valence-electron chi connectivity index (χ2n) is 4.49. The van der Waals surface area contributed by atoms with E-state index in [1.165, 1.54) is 23.5 Å². The van der Waals surface area contributed by atoms with Crippen molar-refractivity contribution < 1.29 is 21.9 Å². The quantitative estimate of drug-likeness (QED) is 0.512. The third-order valence-electron chi connectivity index (χ3n) is 2.81. The van der Waals surface area contributed by atoms with Crippen molar-refractivity contribution in [3.05, 3.63) is 29.8 Å². The van der Waals surface area contributed by atoms with E-state index >= 15 is 0 Å². The van der Waals surface area contributed by atoms with Gasteiger partial charge in [-0.25, -0.2) is 12.7 Å². The minimum absolute atomic E-state index is 0.0429. The van der Waals surface area contributed by atoms with Crippen molar-refractivity contribution in [1.29, 1.82) is 0 Å². The third-order valence-corrected chi connectivity index (χ3v) is 4.97. The Hall–Kier alpha value is -0.920. The highest BCUT2D eigenvalue weighted by Crippen LogP contribution is 2.16. The summed E-state index contributed by atoms with van der Waals surface area (Å²) in [5.74, 6) is 0.523. The van der Waals surface area contributed by atoms with E-state index < -0.39 is 16.6 Å². The highest BCUT2D eigenvalue weighted by atomic mass is 35.5. The number of sulfonamides is 1. The summed E-state index contributed by atoms with van der Waals surface area (Å²) in [6, 6.07) is 5.88. The van der Waals surface area contributed by atoms with Gasteiger partial charge >= 0.3 is 6.61 Å². The average molecular weight is 342 g/mol. The van der Waals surface area contributed by atoms with E-state index in [9.17, 15) is 17.2 Å². The first-order chi connectivity index (χ1) is 9.85. The Kier molecular flexibility index (Phi) is 7.34. The van der Waals surface area contributed by atoms with E-state index in [1.807, 2.05) is 0 Å². The summed E-state index contributed by atoms with van der Waals surface area (Å²) < 4.78 is 53.5. The van der Waals surface area contributed by atoms with Crippen molar-refractivity contribution >= 4 is 21.6 Å². The molecule has 0 atom stereocenters. The Morgan fingerprint density at radius 2 is 1.86 bits per heavy atom. The van der Waals surface area contributed by atoms with Crippen molar-refractivity contribution in [3.63, 3.8) is 0 Å². The van der Waals surface area contributed by atoms with Gasteiger partial charge in [0.15, 0.2) is 0 Å². The molecule has 0 saturated heterocycles. The molecule has 1 rings (SSSR count). The van der Waals surface area contributed by atoms with E-state index in [0.29, 0.717) is 24.3 Å². The molecule has 120 valence electrons. The van der Waals surface area contributed by atoms with Gasteiger partial charge in [0, 0.05) is 19.5 Å². The van der Waals surface area contributed by atoms with Crippen LogP contribution in [0.5, 0.6) is 5.75 Å². The second-order valence-corrected chi connectivity index (χ2v) is 7.06. The van der Waals surface area contributed by atoms with Gasteiger partial charge in [-0.1, -0.05) is 12.1 Å². The van der Waals surface area contributed by atoms with Crippen LogP contribution < -0.4 is 4.74 Å². The van der Waals surface area contributed by atoms with Crippen LogP contribution >= 0.6 is 11.6 Å². The average Bonchev–Trinajstić information content (AvgIpc) is 2.40. The molecule has 0 aliphatic carbocycles. The van der Waals surface area contributed by atoms with E-state index in [0.717, 1.165) is 0 Å². The van der Waals surface area contributed by atoms with Gasteiger partial charge in [-0.05, 0) is 30.5 Å². The van der Waals surface area contributed by atoms with Gasteiger partial charge in [-0.15, -0.1) is 11.6 Å². The molecular weight excluding hydrogens is 324 g/mol. The zero-order valence-corrected chi connectivity index (χ0v) is 13.2. The van der Waals surface area contributed by atoms with Crippen molar-refractivity contribution in [2.45, 2.75) is 26.0 Å². The van der Waals surface area contributed by atoms with Crippen molar-refractivity contribution in [2.75, 3.05) is 18.7 Å². The van der Waals surface area contributed by atoms with Crippen molar-refractivity contribution in [2.24, 2.45) is 0 Å². The maximum atomic E-state index is 12.0. The maximum Gasteiger partial charge on any atom is 0.387 e. The first-order valence-electron chi connectivity index (χ1n) is 6.39. The fourth-order valence-corrected chi connectivity index (χ4v) is 3.08. The molecule has 1 aromatic rings. The number of hydrogen-bond acceptors (Lipinski definition) is 3. The van der Waals surface area contributed by atoms with Gasteiger partial charge in [0.25, 0.3) is 0 Å². The highest BCUT2D eigenvalue weighted by molar-refractivity contribution is 7.89. The summed E-state index contributed by atoms with van der Waals surface area (Å²) >= 11 is 5.52. The Labute approximate surface area is 128 Å². The number of rotatable bonds is 9. The lowest BCUT2D eigenvalue weighted by Gasteiger charge is -2.17. The topological polar surface area (TPSA) is 46.6 Å². The molecule has 0 saturated carbocycles. The molecule has 0 unspecified atom stereocenters. The lowest BCUT2D eigenvalue weighted by molar-refractivity contribution is -0.0498. The Morgan fingerprint density at radius 1 is 1.24 bits per heavy atom. The van der Waals surface area contributed by atoms with Crippen molar-refractivity contribution in [3.8, 4) is 5.75 Å². The number of hydrogen-bond donors (Lipinski definition) is 0. The second kappa shape index (κ2) is 8.51. The first-order valence-corrected chi connectivity index (χ1v) is 8.53. The van der Waals surface area contributed by atoms with E-state index in [2.05, 4.69) is 4.74 Å². The van der Waals surface area contributed by atoms with Gasteiger partial charge in [0.05, 0.1) is 5.75 Å². The molecule has 4 nitrogen and oxygen atoms in total. The van der Waals surface area contributed by atoms with Crippen LogP contribution in [0.2, 0.25) is 0 Å². The Bertz CT molecular complexity index is 523. The molecule has 0 aromatic heterocycles. The Balaban J connectivity index is 2.59. The highest BCUT2D eigenvalue weighted by Gasteiger charge is 2.17. The van der Waals surface area contributed by atoms with Crippen LogP contribution in [0.25, 0.3) is 0 Å². The standard InChI is InChI=1S/C13H18ClF2NO3S/c1-17(21(18,19)9-3-2-8-14)10-11-4-6-12(7-5-11)20-13(15)16/h4-7,13H,2-3,8-10H2,1H3. The van der Waals surface area contributed by atoms with Crippen LogP contribution in [0.4, 0.5) is 8.78 Å². The number of halogens is 3. The molecule has 0 spiro atoms. The van der Waals surface area contributed by atoms with Crippen LogP contribution in [0.1, 0.15) is 18.4 Å². The fourth-order valence-electron chi connectivity index (χ4n) is 1.67. The van der Waals surface area contributed by atoms with Crippen LogP contribution in [0, 0.1) is 0 Å². The molecule has 0 amide bonds. The molecule has 0 radical (unpaired) electrons. The summed E-state index contributed by atoms with van der Waals surface area (Å²) in [6.45, 7) is -2.70. The molecule has 0 heterocycles. The van der Waals surface area contributed by atoms with Gasteiger partial charge in [0.2, 0.25) is 10.0 Å². The van der Waals surface area contributed by atoms with Crippen molar-refractivity contribution in [1.82, 2.24) is 4.31 Å². The predicted molar refractivity (Wildman–Crippen MR) is 78.3 cm³/mol. The van der Waals surface area contributed by atoms with E-state index in [4.69, 9.17) is 11.6 Å². The Morgan fingerprint density at radius 3 is 2.38 bits per heavy atom. The molecule has 0 bridgehead atoms. The molecular formula is C13H18ClF2NO3S. The molecule has 0 N–H and O–H groups in total. The fraction of sp³-hybridized carbons (Fsp3) is 0.538. The largest absolute Gasteiger partial charge is 0.435 e. The molecule has 0 aliphatic heterocycles. The van der Waals surface area contributed by atoms with Gasteiger partial charge < -0.3 is 4.74 Å². The molecule has 0 fully saturated rings. The normalized spacial score (nSPS) is 12.1. The summed E-state index contributed by atoms with van der Waals surface area (Å²) in [5, 5.41) is 0. The van der Waals surface area contributed by atoms with Gasteiger partial charge in [-0.3, -0.25) is 0 Å². The van der Waals surface area contributed by atoms with E-state index in [-0.39, 0.29) is 18.0 Å². The molecule has 8 heteroatoms. The minimum Gasteiger partial charge on any atom is -0.435 e. The monoisotopic (exact) mass is 341 g/mol. The van der Waals surface area contributed by atoms with Crippen LogP contribution in [0.3, 0.4) is 0 Å².